The van der Waals surface area contributed by atoms with Gasteiger partial charge in [0.1, 0.15) is 5.52 Å². The van der Waals surface area contributed by atoms with Crippen molar-refractivity contribution in [3.63, 3.8) is 0 Å². The lowest BCUT2D eigenvalue weighted by Crippen LogP contribution is -2.41. The summed E-state index contributed by atoms with van der Waals surface area (Å²) < 4.78 is 1.72. The maximum Gasteiger partial charge on any atom is 0.254 e. The number of benzene rings is 1. The van der Waals surface area contributed by atoms with Crippen LogP contribution in [0.1, 0.15) is 34.8 Å². The number of aliphatic hydroxyl groups excluding tert-OH is 1. The molecule has 0 unspecified atom stereocenters. The number of aromatic nitrogens is 4. The molecule has 1 amide bonds. The number of para-hydroxylation sites is 1. The van der Waals surface area contributed by atoms with Gasteiger partial charge < -0.3 is 10.4 Å². The highest BCUT2D eigenvalue weighted by Crippen LogP contribution is 2.38. The molecule has 0 bridgehead atoms. The monoisotopic (exact) mass is 337 g/mol. The molecular weight excluding hydrogens is 318 g/mol. The minimum Gasteiger partial charge on any atom is -0.393 e. The lowest BCUT2D eigenvalue weighted by atomic mass is 9.75. The van der Waals surface area contributed by atoms with Crippen molar-refractivity contribution in [1.82, 2.24) is 25.1 Å². The van der Waals surface area contributed by atoms with Crippen LogP contribution in [-0.4, -0.2) is 36.9 Å². The van der Waals surface area contributed by atoms with Gasteiger partial charge in [-0.3, -0.25) is 19.4 Å². The zero-order chi connectivity index (χ0) is 17.4. The Balaban J connectivity index is 1.64. The summed E-state index contributed by atoms with van der Waals surface area (Å²) in [5, 5.41) is 17.0. The van der Waals surface area contributed by atoms with E-state index in [2.05, 4.69) is 20.4 Å². The molecule has 2 N–H and O–H groups in total. The van der Waals surface area contributed by atoms with Gasteiger partial charge in [0.05, 0.1) is 29.4 Å². The Labute approximate surface area is 144 Å². The van der Waals surface area contributed by atoms with Crippen LogP contribution in [0.2, 0.25) is 0 Å². The fraction of sp³-hybridized carbons (Fsp3) is 0.333. The third-order valence-electron chi connectivity index (χ3n) is 4.73. The SMILES string of the molecule is Cn1cc([C@@H](NC(=O)c2cccc3nccnc23)C2CC(O)C2)cn1. The van der Waals surface area contributed by atoms with Crippen molar-refractivity contribution in [3.8, 4) is 0 Å². The first kappa shape index (κ1) is 15.7. The van der Waals surface area contributed by atoms with E-state index in [1.54, 1.807) is 35.4 Å². The molecule has 2 aromatic heterocycles. The second-order valence-corrected chi connectivity index (χ2v) is 6.51. The van der Waals surface area contributed by atoms with Crippen molar-refractivity contribution in [2.75, 3.05) is 0 Å². The Hall–Kier alpha value is -2.80. The van der Waals surface area contributed by atoms with Crippen LogP contribution in [0.25, 0.3) is 11.0 Å². The molecule has 3 aromatic rings. The minimum absolute atomic E-state index is 0.184. The first-order valence-electron chi connectivity index (χ1n) is 8.29. The van der Waals surface area contributed by atoms with E-state index in [0.29, 0.717) is 29.4 Å². The Morgan fingerprint density at radius 3 is 2.84 bits per heavy atom. The lowest BCUT2D eigenvalue weighted by molar-refractivity contribution is 0.0235. The largest absolute Gasteiger partial charge is 0.393 e. The lowest BCUT2D eigenvalue weighted by Gasteiger charge is -2.37. The number of rotatable bonds is 4. The smallest absolute Gasteiger partial charge is 0.254 e. The molecule has 7 nitrogen and oxygen atoms in total. The van der Waals surface area contributed by atoms with E-state index in [9.17, 15) is 9.90 Å². The van der Waals surface area contributed by atoms with Crippen LogP contribution in [0, 0.1) is 5.92 Å². The number of hydrogen-bond donors (Lipinski definition) is 2. The number of nitrogens with zero attached hydrogens (tertiary/aromatic N) is 4. The van der Waals surface area contributed by atoms with Gasteiger partial charge in [-0.05, 0) is 30.9 Å². The number of aryl methyl sites for hydroxylation is 1. The number of fused-ring (bicyclic) bond motifs is 1. The van der Waals surface area contributed by atoms with Gasteiger partial charge >= 0.3 is 0 Å². The minimum atomic E-state index is -0.288. The summed E-state index contributed by atoms with van der Waals surface area (Å²) in [5.41, 5.74) is 2.71. The summed E-state index contributed by atoms with van der Waals surface area (Å²) in [6.07, 6.45) is 7.92. The van der Waals surface area contributed by atoms with Gasteiger partial charge in [-0.2, -0.15) is 5.10 Å². The van der Waals surface area contributed by atoms with Gasteiger partial charge in [-0.1, -0.05) is 6.07 Å². The summed E-state index contributed by atoms with van der Waals surface area (Å²) in [7, 11) is 1.85. The normalized spacial score (nSPS) is 20.9. The molecule has 128 valence electrons. The number of amides is 1. The van der Waals surface area contributed by atoms with Crippen LogP contribution < -0.4 is 5.32 Å². The number of aliphatic hydroxyl groups is 1. The molecule has 1 saturated carbocycles. The maximum absolute atomic E-state index is 12.9. The predicted molar refractivity (Wildman–Crippen MR) is 91.7 cm³/mol. The third-order valence-corrected chi connectivity index (χ3v) is 4.73. The van der Waals surface area contributed by atoms with E-state index in [-0.39, 0.29) is 24.0 Å². The Morgan fingerprint density at radius 2 is 2.12 bits per heavy atom. The number of carbonyl (C=O) groups is 1. The van der Waals surface area contributed by atoms with Crippen LogP contribution in [0.3, 0.4) is 0 Å². The van der Waals surface area contributed by atoms with E-state index >= 15 is 0 Å². The number of carbonyl (C=O) groups excluding carboxylic acids is 1. The second-order valence-electron chi connectivity index (χ2n) is 6.51. The molecule has 2 heterocycles. The zero-order valence-corrected chi connectivity index (χ0v) is 13.8. The average molecular weight is 337 g/mol. The molecule has 1 aliphatic rings. The van der Waals surface area contributed by atoms with Crippen molar-refractivity contribution < 1.29 is 9.90 Å². The van der Waals surface area contributed by atoms with Crippen molar-refractivity contribution in [3.05, 3.63) is 54.1 Å². The molecule has 0 spiro atoms. The maximum atomic E-state index is 12.9. The van der Waals surface area contributed by atoms with Crippen molar-refractivity contribution in [1.29, 1.82) is 0 Å². The Kier molecular flexibility index (Phi) is 3.93. The predicted octanol–water partition coefficient (Wildman–Crippen LogP) is 1.61. The standard InChI is InChI=1S/C18H19N5O2/c1-23-10-12(9-21-23)16(11-7-13(24)8-11)22-18(25)14-3-2-4-15-17(14)20-6-5-19-15/h2-6,9-11,13,16,24H,7-8H2,1H3,(H,22,25)/t11?,13?,16-/m0/s1. The summed E-state index contributed by atoms with van der Waals surface area (Å²) >= 11 is 0. The van der Waals surface area contributed by atoms with E-state index < -0.39 is 0 Å². The fourth-order valence-corrected chi connectivity index (χ4v) is 3.37. The first-order valence-corrected chi connectivity index (χ1v) is 8.29. The summed E-state index contributed by atoms with van der Waals surface area (Å²) in [6.45, 7) is 0. The van der Waals surface area contributed by atoms with Gasteiger partial charge in [0.25, 0.3) is 5.91 Å². The molecule has 1 fully saturated rings. The number of hydrogen-bond acceptors (Lipinski definition) is 5. The highest BCUT2D eigenvalue weighted by molar-refractivity contribution is 6.04. The van der Waals surface area contributed by atoms with Gasteiger partial charge in [0.15, 0.2) is 0 Å². The molecule has 0 aliphatic heterocycles. The number of nitrogens with one attached hydrogen (secondary N) is 1. The summed E-state index contributed by atoms with van der Waals surface area (Å²) in [5.74, 6) is 0.00514. The summed E-state index contributed by atoms with van der Waals surface area (Å²) in [4.78, 5) is 21.5. The van der Waals surface area contributed by atoms with Crippen LogP contribution in [0.15, 0.2) is 43.0 Å². The molecule has 4 rings (SSSR count). The van der Waals surface area contributed by atoms with Crippen LogP contribution in [-0.2, 0) is 7.05 Å². The van der Waals surface area contributed by atoms with Gasteiger partial charge in [0.2, 0.25) is 0 Å². The highest BCUT2D eigenvalue weighted by Gasteiger charge is 2.36. The van der Waals surface area contributed by atoms with E-state index in [1.165, 1.54) is 0 Å². The topological polar surface area (TPSA) is 92.9 Å². The van der Waals surface area contributed by atoms with Crippen molar-refractivity contribution in [2.24, 2.45) is 13.0 Å². The van der Waals surface area contributed by atoms with Gasteiger partial charge in [-0.15, -0.1) is 0 Å². The van der Waals surface area contributed by atoms with Crippen molar-refractivity contribution in [2.45, 2.75) is 25.0 Å². The van der Waals surface area contributed by atoms with Crippen molar-refractivity contribution >= 4 is 16.9 Å². The Bertz CT molecular complexity index is 911. The third kappa shape index (κ3) is 2.98. The van der Waals surface area contributed by atoms with Gasteiger partial charge in [0, 0.05) is 31.2 Å². The van der Waals surface area contributed by atoms with Crippen LogP contribution in [0.4, 0.5) is 0 Å². The highest BCUT2D eigenvalue weighted by atomic mass is 16.3. The van der Waals surface area contributed by atoms with Gasteiger partial charge in [-0.25, -0.2) is 0 Å². The van der Waals surface area contributed by atoms with E-state index in [0.717, 1.165) is 5.56 Å². The molecule has 7 heteroatoms. The quantitative estimate of drug-likeness (QED) is 0.754. The molecule has 1 aliphatic carbocycles. The van der Waals surface area contributed by atoms with Crippen LogP contribution >= 0.6 is 0 Å². The molecule has 1 aromatic carbocycles. The molecule has 0 saturated heterocycles. The Morgan fingerprint density at radius 1 is 1.32 bits per heavy atom. The molecule has 0 radical (unpaired) electrons. The first-order chi connectivity index (χ1) is 12.1. The van der Waals surface area contributed by atoms with Crippen LogP contribution in [0.5, 0.6) is 0 Å². The molecule has 1 atom stereocenters. The summed E-state index contributed by atoms with van der Waals surface area (Å²) in [6, 6.07) is 5.21. The van der Waals surface area contributed by atoms with E-state index in [1.807, 2.05) is 19.3 Å². The fourth-order valence-electron chi connectivity index (χ4n) is 3.37. The average Bonchev–Trinajstić information content (AvgIpc) is 3.02. The second kappa shape index (κ2) is 6.25. The molecular formula is C18H19N5O2. The van der Waals surface area contributed by atoms with E-state index in [4.69, 9.17) is 0 Å². The molecule has 25 heavy (non-hydrogen) atoms. The zero-order valence-electron chi connectivity index (χ0n) is 13.8.